The predicted octanol–water partition coefficient (Wildman–Crippen LogP) is 5.86. The number of carbonyl (C=O) groups excluding carboxylic acids is 1. The second kappa shape index (κ2) is 12.4. The largest absolute Gasteiger partial charge is 0.465 e. The molecule has 2 atom stereocenters. The maximum atomic E-state index is 13.1. The maximum Gasteiger partial charge on any atom is 0.455 e. The number of halogens is 19. The zero-order valence-corrected chi connectivity index (χ0v) is 17.3. The minimum absolute atomic E-state index is 0.635. The molecule has 1 fully saturated rings. The van der Waals surface area contributed by atoms with Crippen molar-refractivity contribution in [2.24, 2.45) is 0 Å². The van der Waals surface area contributed by atoms with Gasteiger partial charge in [-0.05, 0) is 9.05 Å². The van der Waals surface area contributed by atoms with Gasteiger partial charge in [-0.15, -0.1) is 9.88 Å². The van der Waals surface area contributed by atoms with Crippen LogP contribution in [0.25, 0.3) is 0 Å². The molecule has 0 amide bonds. The highest BCUT2D eigenvalue weighted by molar-refractivity contribution is 5.79. The van der Waals surface area contributed by atoms with Crippen molar-refractivity contribution in [3.8, 4) is 0 Å². The van der Waals surface area contributed by atoms with Crippen LogP contribution in [-0.4, -0.2) is 81.1 Å². The van der Waals surface area contributed by atoms with E-state index in [0.717, 1.165) is 4.94 Å². The van der Waals surface area contributed by atoms with Gasteiger partial charge in [-0.2, -0.15) is 57.1 Å². The SMILES string of the molecule is COC(=O)C1(C(F)(F)F)OCC(F)(CF)O1.FCC(F)(F)OF.FOC(F)(F)C(F)(C(F)(F)F)C(F)(F)F. The third-order valence-electron chi connectivity index (χ3n) is 3.39. The fraction of sp³-hybridized carbons (Fsp3) is 0.923. The first-order valence-corrected chi connectivity index (χ1v) is 8.11. The molecule has 0 aromatic rings. The molecule has 0 aromatic heterocycles. The van der Waals surface area contributed by atoms with Crippen LogP contribution in [0.4, 0.5) is 83.7 Å². The van der Waals surface area contributed by atoms with E-state index >= 15 is 0 Å². The van der Waals surface area contributed by atoms with Gasteiger partial charge in [0.15, 0.2) is 13.3 Å². The number of esters is 1. The van der Waals surface area contributed by atoms with E-state index in [9.17, 15) is 88.5 Å². The lowest BCUT2D eigenvalue weighted by Crippen LogP contribution is -2.64. The average molecular weight is 622 g/mol. The molecular formula is C13H9F19O6. The Labute approximate surface area is 195 Å². The van der Waals surface area contributed by atoms with E-state index in [1.807, 2.05) is 4.94 Å². The van der Waals surface area contributed by atoms with Crippen molar-refractivity contribution >= 4 is 5.97 Å². The van der Waals surface area contributed by atoms with Crippen molar-refractivity contribution in [3.63, 3.8) is 0 Å². The normalized spacial score (nSPS) is 23.2. The van der Waals surface area contributed by atoms with Crippen molar-refractivity contribution in [2.45, 2.75) is 48.1 Å². The molecule has 25 heteroatoms. The fourth-order valence-corrected chi connectivity index (χ4v) is 1.65. The van der Waals surface area contributed by atoms with Crippen molar-refractivity contribution in [3.05, 3.63) is 0 Å². The number of alkyl halides is 17. The summed E-state index contributed by atoms with van der Waals surface area (Å²) in [6, 6.07) is 0. The molecule has 1 aliphatic heterocycles. The summed E-state index contributed by atoms with van der Waals surface area (Å²) in [5.74, 6) is -9.19. The maximum absolute atomic E-state index is 13.1. The van der Waals surface area contributed by atoms with E-state index in [2.05, 4.69) is 14.2 Å². The Morgan fingerprint density at radius 2 is 1.24 bits per heavy atom. The van der Waals surface area contributed by atoms with E-state index in [1.165, 1.54) is 0 Å². The molecule has 0 aliphatic carbocycles. The van der Waals surface area contributed by atoms with Crippen LogP contribution >= 0.6 is 0 Å². The molecule has 230 valence electrons. The minimum atomic E-state index is -7.11. The summed E-state index contributed by atoms with van der Waals surface area (Å²) in [4.78, 5) is 13.9. The molecule has 0 N–H and O–H groups in total. The van der Waals surface area contributed by atoms with Crippen molar-refractivity contribution in [2.75, 3.05) is 27.1 Å². The molecule has 1 rings (SSSR count). The van der Waals surface area contributed by atoms with Crippen LogP contribution in [0.2, 0.25) is 0 Å². The molecule has 0 aromatic carbocycles. The van der Waals surface area contributed by atoms with E-state index in [1.54, 1.807) is 0 Å². The molecule has 6 nitrogen and oxygen atoms in total. The van der Waals surface area contributed by atoms with Crippen LogP contribution in [0.1, 0.15) is 0 Å². The van der Waals surface area contributed by atoms with Crippen molar-refractivity contribution < 1.29 is 113 Å². The molecule has 1 aliphatic rings. The second-order valence-corrected chi connectivity index (χ2v) is 6.11. The van der Waals surface area contributed by atoms with Crippen LogP contribution in [0, 0.1) is 0 Å². The Bertz CT molecular complexity index is 731. The van der Waals surface area contributed by atoms with Gasteiger partial charge in [0, 0.05) is 0 Å². The number of rotatable bonds is 6. The molecule has 0 spiro atoms. The molecule has 2 unspecified atom stereocenters. The van der Waals surface area contributed by atoms with Gasteiger partial charge in [0.2, 0.25) is 0 Å². The van der Waals surface area contributed by atoms with Gasteiger partial charge in [-0.1, -0.05) is 0 Å². The molecular weight excluding hydrogens is 613 g/mol. The van der Waals surface area contributed by atoms with Gasteiger partial charge in [0.25, 0.3) is 5.85 Å². The Hall–Kier alpha value is -2.02. The molecule has 0 radical (unpaired) electrons. The van der Waals surface area contributed by atoms with Crippen LogP contribution in [0.5, 0.6) is 0 Å². The van der Waals surface area contributed by atoms with Gasteiger partial charge in [-0.3, -0.25) is 4.74 Å². The van der Waals surface area contributed by atoms with E-state index < -0.39 is 74.0 Å². The summed E-state index contributed by atoms with van der Waals surface area (Å²) in [5, 5.41) is 0. The third-order valence-corrected chi connectivity index (χ3v) is 3.39. The number of ether oxygens (including phenoxy) is 3. The van der Waals surface area contributed by atoms with Gasteiger partial charge in [0.05, 0.1) is 7.11 Å². The lowest BCUT2D eigenvalue weighted by molar-refractivity contribution is -0.486. The van der Waals surface area contributed by atoms with Crippen LogP contribution in [-0.2, 0) is 28.9 Å². The van der Waals surface area contributed by atoms with Gasteiger partial charge in [0.1, 0.15) is 6.61 Å². The quantitative estimate of drug-likeness (QED) is 0.273. The Kier molecular flexibility index (Phi) is 12.5. The Morgan fingerprint density at radius 1 is 0.816 bits per heavy atom. The zero-order chi connectivity index (χ0) is 31.2. The van der Waals surface area contributed by atoms with Gasteiger partial charge >= 0.3 is 48.2 Å². The van der Waals surface area contributed by atoms with E-state index in [0.29, 0.717) is 7.11 Å². The Morgan fingerprint density at radius 3 is 1.39 bits per heavy atom. The average Bonchev–Trinajstić information content (AvgIpc) is 3.17. The summed E-state index contributed by atoms with van der Waals surface area (Å²) < 4.78 is 232. The number of carbonyl (C=O) groups is 1. The topological polar surface area (TPSA) is 63.2 Å². The highest BCUT2D eigenvalue weighted by Gasteiger charge is 2.86. The highest BCUT2D eigenvalue weighted by atomic mass is 19.4. The fourth-order valence-electron chi connectivity index (χ4n) is 1.65. The minimum Gasteiger partial charge on any atom is -0.465 e. The molecule has 38 heavy (non-hydrogen) atoms. The number of hydrogen-bond acceptors (Lipinski definition) is 6. The summed E-state index contributed by atoms with van der Waals surface area (Å²) in [6.45, 7) is -5.36. The van der Waals surface area contributed by atoms with Gasteiger partial charge < -0.3 is 9.47 Å². The first-order valence-electron chi connectivity index (χ1n) is 8.11. The molecule has 0 bridgehead atoms. The highest BCUT2D eigenvalue weighted by Crippen LogP contribution is 2.55. The lowest BCUT2D eigenvalue weighted by Gasteiger charge is -2.32. The predicted molar refractivity (Wildman–Crippen MR) is 73.9 cm³/mol. The first kappa shape index (κ1) is 38.1. The lowest BCUT2D eigenvalue weighted by atomic mass is 10.0. The third kappa shape index (κ3) is 8.24. The Balaban J connectivity index is 0. The number of methoxy groups -OCH3 is 1. The zero-order valence-electron chi connectivity index (χ0n) is 17.3. The van der Waals surface area contributed by atoms with Gasteiger partial charge in [-0.25, -0.2) is 22.4 Å². The summed E-state index contributed by atoms with van der Waals surface area (Å²) >= 11 is 0. The number of hydrogen-bond donors (Lipinski definition) is 0. The molecule has 0 saturated carbocycles. The van der Waals surface area contributed by atoms with Crippen molar-refractivity contribution in [1.29, 1.82) is 0 Å². The van der Waals surface area contributed by atoms with E-state index in [-0.39, 0.29) is 0 Å². The van der Waals surface area contributed by atoms with E-state index in [4.69, 9.17) is 0 Å². The summed E-state index contributed by atoms with van der Waals surface area (Å²) in [5.41, 5.74) is -7.11. The smallest absolute Gasteiger partial charge is 0.455 e. The van der Waals surface area contributed by atoms with Crippen molar-refractivity contribution in [1.82, 2.24) is 0 Å². The first-order chi connectivity index (χ1) is 16.6. The summed E-state index contributed by atoms with van der Waals surface area (Å²) in [7, 11) is 0.635. The standard InChI is InChI=1S/C7H7F5O4.C4F10O.C2H2F4O/c1-14-4(13)6(7(10,11)12)15-3-5(9,2-8)16-6;5-1(2(6,7)8,3(9,10)11)4(12,13)15-14;3-1-2(4,5)7-6/h2-3H2,1H3;;1H2. The van der Waals surface area contributed by atoms with Crippen LogP contribution in [0.15, 0.2) is 0 Å². The second-order valence-electron chi connectivity index (χ2n) is 6.11. The van der Waals surface area contributed by atoms with Crippen LogP contribution in [0.3, 0.4) is 0 Å². The monoisotopic (exact) mass is 622 g/mol. The summed E-state index contributed by atoms with van der Waals surface area (Å²) in [6.07, 6.45) is -30.5. The molecule has 1 saturated heterocycles. The molecule has 1 heterocycles. The van der Waals surface area contributed by atoms with Crippen LogP contribution < -0.4 is 0 Å².